The van der Waals surface area contributed by atoms with Gasteiger partial charge >= 0.3 is 0 Å². The summed E-state index contributed by atoms with van der Waals surface area (Å²) in [5.41, 5.74) is 7.40. The Morgan fingerprint density at radius 3 is 2.45 bits per heavy atom. The third kappa shape index (κ3) is 3.86. The maximum absolute atomic E-state index is 12.3. The van der Waals surface area contributed by atoms with E-state index in [0.717, 1.165) is 5.56 Å². The molecule has 1 heterocycles. The molecule has 1 aromatic heterocycles. The molecule has 1 aromatic carbocycles. The highest BCUT2D eigenvalue weighted by Gasteiger charge is 2.21. The summed E-state index contributed by atoms with van der Waals surface area (Å²) in [4.78, 5) is 16.4. The largest absolute Gasteiger partial charge is 0.393 e. The van der Waals surface area contributed by atoms with Crippen LogP contribution in [0.3, 0.4) is 0 Å². The van der Waals surface area contributed by atoms with Gasteiger partial charge in [-0.2, -0.15) is 0 Å². The van der Waals surface area contributed by atoms with Crippen molar-refractivity contribution in [2.24, 2.45) is 11.7 Å². The van der Waals surface area contributed by atoms with Gasteiger partial charge in [0.1, 0.15) is 0 Å². The predicted molar refractivity (Wildman–Crippen MR) is 83.3 cm³/mol. The summed E-state index contributed by atoms with van der Waals surface area (Å²) in [6.07, 6.45) is 3.72. The second-order valence-electron chi connectivity index (χ2n) is 4.37. The van der Waals surface area contributed by atoms with Crippen molar-refractivity contribution in [3.05, 3.63) is 60.4 Å². The number of nitrogens with two attached hydrogens (primary N) is 1. The van der Waals surface area contributed by atoms with Crippen LogP contribution < -0.4 is 11.1 Å². The van der Waals surface area contributed by atoms with E-state index in [-0.39, 0.29) is 10.9 Å². The van der Waals surface area contributed by atoms with Crippen molar-refractivity contribution in [1.29, 1.82) is 0 Å². The van der Waals surface area contributed by atoms with Crippen LogP contribution in [0.1, 0.15) is 5.56 Å². The van der Waals surface area contributed by atoms with Crippen molar-refractivity contribution in [3.8, 4) is 0 Å². The highest BCUT2D eigenvalue weighted by atomic mass is 32.1. The third-order valence-corrected chi connectivity index (χ3v) is 3.17. The minimum absolute atomic E-state index is 0.195. The smallest absolute Gasteiger partial charge is 0.234 e. The fourth-order valence-electron chi connectivity index (χ4n) is 1.84. The van der Waals surface area contributed by atoms with Gasteiger partial charge in [-0.3, -0.25) is 9.78 Å². The van der Waals surface area contributed by atoms with Crippen molar-refractivity contribution in [1.82, 2.24) is 4.98 Å². The number of rotatable bonds is 5. The molecule has 0 radical (unpaired) electrons. The SMILES string of the molecule is NC(=S)C(Cc1ccccc1)C(=O)Nc1ccncc1. The Bertz CT molecular complexity index is 587. The van der Waals surface area contributed by atoms with E-state index in [2.05, 4.69) is 10.3 Å². The molecule has 0 aliphatic carbocycles. The molecule has 0 bridgehead atoms. The van der Waals surface area contributed by atoms with Crippen LogP contribution in [0.4, 0.5) is 5.69 Å². The lowest BCUT2D eigenvalue weighted by atomic mass is 9.98. The van der Waals surface area contributed by atoms with Gasteiger partial charge in [-0.1, -0.05) is 42.5 Å². The van der Waals surface area contributed by atoms with E-state index in [9.17, 15) is 4.79 Å². The van der Waals surface area contributed by atoms with Crippen LogP contribution in [0.5, 0.6) is 0 Å². The molecule has 4 nitrogen and oxygen atoms in total. The molecule has 0 aliphatic heterocycles. The van der Waals surface area contributed by atoms with Crippen molar-refractivity contribution in [2.75, 3.05) is 5.32 Å². The van der Waals surface area contributed by atoms with Crippen LogP contribution in [0, 0.1) is 5.92 Å². The van der Waals surface area contributed by atoms with E-state index in [1.807, 2.05) is 30.3 Å². The Balaban J connectivity index is 2.09. The average molecular weight is 285 g/mol. The van der Waals surface area contributed by atoms with Crippen LogP contribution in [-0.4, -0.2) is 15.9 Å². The maximum Gasteiger partial charge on any atom is 0.234 e. The molecule has 1 amide bonds. The second-order valence-corrected chi connectivity index (χ2v) is 4.84. The Hall–Kier alpha value is -2.27. The third-order valence-electron chi connectivity index (χ3n) is 2.89. The quantitative estimate of drug-likeness (QED) is 0.826. The van der Waals surface area contributed by atoms with E-state index < -0.39 is 5.92 Å². The second kappa shape index (κ2) is 6.77. The van der Waals surface area contributed by atoms with Gasteiger partial charge in [-0.05, 0) is 24.1 Å². The molecular formula is C15H15N3OS. The van der Waals surface area contributed by atoms with Gasteiger partial charge in [0.25, 0.3) is 0 Å². The molecule has 2 rings (SSSR count). The first kappa shape index (κ1) is 14.1. The summed E-state index contributed by atoms with van der Waals surface area (Å²) >= 11 is 5.01. The Kier molecular flexibility index (Phi) is 4.79. The van der Waals surface area contributed by atoms with Crippen LogP contribution in [0.2, 0.25) is 0 Å². The molecule has 0 saturated heterocycles. The molecule has 5 heteroatoms. The van der Waals surface area contributed by atoms with E-state index in [1.165, 1.54) is 0 Å². The lowest BCUT2D eigenvalue weighted by molar-refractivity contribution is -0.118. The molecule has 0 fully saturated rings. The zero-order chi connectivity index (χ0) is 14.4. The lowest BCUT2D eigenvalue weighted by Crippen LogP contribution is -2.34. The van der Waals surface area contributed by atoms with Crippen LogP contribution in [0.25, 0.3) is 0 Å². The topological polar surface area (TPSA) is 68.0 Å². The van der Waals surface area contributed by atoms with Crippen molar-refractivity contribution < 1.29 is 4.79 Å². The van der Waals surface area contributed by atoms with Crippen molar-refractivity contribution >= 4 is 28.8 Å². The highest BCUT2D eigenvalue weighted by molar-refractivity contribution is 7.80. The molecule has 20 heavy (non-hydrogen) atoms. The number of hydrogen-bond donors (Lipinski definition) is 2. The first-order valence-corrected chi connectivity index (χ1v) is 6.62. The zero-order valence-corrected chi connectivity index (χ0v) is 11.6. The number of nitrogens with zero attached hydrogens (tertiary/aromatic N) is 1. The van der Waals surface area contributed by atoms with Gasteiger partial charge in [0.2, 0.25) is 5.91 Å². The fourth-order valence-corrected chi connectivity index (χ4v) is 2.03. The molecule has 2 aromatic rings. The number of thiocarbonyl (C=S) groups is 1. The number of carbonyl (C=O) groups excluding carboxylic acids is 1. The summed E-state index contributed by atoms with van der Waals surface area (Å²) in [5, 5.41) is 2.80. The monoisotopic (exact) mass is 285 g/mol. The number of aromatic nitrogens is 1. The van der Waals surface area contributed by atoms with Crippen molar-refractivity contribution in [3.63, 3.8) is 0 Å². The number of pyridine rings is 1. The number of hydrogen-bond acceptors (Lipinski definition) is 3. The minimum atomic E-state index is -0.527. The molecule has 1 unspecified atom stereocenters. The number of benzene rings is 1. The summed E-state index contributed by atoms with van der Waals surface area (Å²) in [6.45, 7) is 0. The number of carbonyl (C=O) groups is 1. The number of amides is 1. The van der Waals surface area contributed by atoms with Gasteiger partial charge in [-0.15, -0.1) is 0 Å². The highest BCUT2D eigenvalue weighted by Crippen LogP contribution is 2.13. The van der Waals surface area contributed by atoms with Crippen molar-refractivity contribution in [2.45, 2.75) is 6.42 Å². The minimum Gasteiger partial charge on any atom is -0.393 e. The van der Waals surface area contributed by atoms with E-state index in [1.54, 1.807) is 24.5 Å². The molecule has 3 N–H and O–H groups in total. The first-order chi connectivity index (χ1) is 9.66. The van der Waals surface area contributed by atoms with E-state index >= 15 is 0 Å². The van der Waals surface area contributed by atoms with Gasteiger partial charge in [0, 0.05) is 18.1 Å². The predicted octanol–water partition coefficient (Wildman–Crippen LogP) is 2.17. The molecular weight excluding hydrogens is 270 g/mol. The van der Waals surface area contributed by atoms with Gasteiger partial charge in [0.05, 0.1) is 10.9 Å². The van der Waals surface area contributed by atoms with Gasteiger partial charge in [-0.25, -0.2) is 0 Å². The van der Waals surface area contributed by atoms with Gasteiger partial charge < -0.3 is 11.1 Å². The van der Waals surface area contributed by atoms with Crippen LogP contribution >= 0.6 is 12.2 Å². The average Bonchev–Trinajstić information content (AvgIpc) is 2.46. The van der Waals surface area contributed by atoms with Gasteiger partial charge in [0.15, 0.2) is 0 Å². The summed E-state index contributed by atoms with van der Waals surface area (Å²) in [5.74, 6) is -0.729. The Morgan fingerprint density at radius 2 is 1.85 bits per heavy atom. The fraction of sp³-hybridized carbons (Fsp3) is 0.133. The molecule has 0 aliphatic rings. The molecule has 1 atom stereocenters. The van der Waals surface area contributed by atoms with Crippen LogP contribution in [-0.2, 0) is 11.2 Å². The zero-order valence-electron chi connectivity index (χ0n) is 10.8. The summed E-state index contributed by atoms with van der Waals surface area (Å²) < 4.78 is 0. The van der Waals surface area contributed by atoms with E-state index in [4.69, 9.17) is 18.0 Å². The standard InChI is InChI=1S/C15H15N3OS/c16-14(20)13(10-11-4-2-1-3-5-11)15(19)18-12-6-8-17-9-7-12/h1-9,13H,10H2,(H2,16,20)(H,17,18,19). The van der Waals surface area contributed by atoms with E-state index in [0.29, 0.717) is 12.1 Å². The Labute approximate surface area is 123 Å². The molecule has 102 valence electrons. The molecule has 0 spiro atoms. The number of nitrogens with one attached hydrogen (secondary N) is 1. The van der Waals surface area contributed by atoms with Crippen LogP contribution in [0.15, 0.2) is 54.9 Å². The normalized spacial score (nSPS) is 11.6. The maximum atomic E-state index is 12.3. The summed E-state index contributed by atoms with van der Waals surface area (Å²) in [6, 6.07) is 13.1. The summed E-state index contributed by atoms with van der Waals surface area (Å²) in [7, 11) is 0. The first-order valence-electron chi connectivity index (χ1n) is 6.21. The Morgan fingerprint density at radius 1 is 1.20 bits per heavy atom. The number of anilines is 1. The lowest BCUT2D eigenvalue weighted by Gasteiger charge is -2.15. The molecule has 0 saturated carbocycles.